The molecule has 32 heavy (non-hydrogen) atoms. The molecule has 3 aromatic carbocycles. The van der Waals surface area contributed by atoms with E-state index < -0.39 is 28.3 Å². The molecule has 0 aliphatic rings. The van der Waals surface area contributed by atoms with Crippen molar-refractivity contribution >= 4 is 27.8 Å². The Labute approximate surface area is 186 Å². The van der Waals surface area contributed by atoms with E-state index in [4.69, 9.17) is 4.74 Å². The van der Waals surface area contributed by atoms with Crippen LogP contribution in [0.15, 0.2) is 82.8 Å². The predicted molar refractivity (Wildman–Crippen MR) is 121 cm³/mol. The molecular weight excluding hydrogens is 433 g/mol. The Morgan fingerprint density at radius 3 is 2.47 bits per heavy atom. The molecule has 1 N–H and O–H groups in total. The van der Waals surface area contributed by atoms with Gasteiger partial charge >= 0.3 is 0 Å². The number of nitrogens with zero attached hydrogens (tertiary/aromatic N) is 2. The molecule has 0 bridgehead atoms. The maximum absolute atomic E-state index is 13.7. The number of halogens is 1. The minimum absolute atomic E-state index is 0.0196. The van der Waals surface area contributed by atoms with Crippen molar-refractivity contribution in [3.05, 3.63) is 89.7 Å². The van der Waals surface area contributed by atoms with Crippen molar-refractivity contribution in [2.75, 3.05) is 18.0 Å². The van der Waals surface area contributed by atoms with Gasteiger partial charge in [0.1, 0.15) is 18.1 Å². The molecule has 9 heteroatoms. The average Bonchev–Trinajstić information content (AvgIpc) is 2.79. The van der Waals surface area contributed by atoms with Crippen LogP contribution < -0.4 is 14.5 Å². The summed E-state index contributed by atoms with van der Waals surface area (Å²) in [6.45, 7) is 1.24. The highest BCUT2D eigenvalue weighted by Crippen LogP contribution is 2.33. The molecule has 0 unspecified atom stereocenters. The van der Waals surface area contributed by atoms with Crippen molar-refractivity contribution in [2.24, 2.45) is 5.10 Å². The maximum Gasteiger partial charge on any atom is 0.264 e. The van der Waals surface area contributed by atoms with Gasteiger partial charge in [0.15, 0.2) is 0 Å². The van der Waals surface area contributed by atoms with Crippen LogP contribution in [0.5, 0.6) is 5.75 Å². The Morgan fingerprint density at radius 2 is 1.78 bits per heavy atom. The second kappa shape index (κ2) is 10.1. The Hall–Kier alpha value is -3.72. The third-order valence-electron chi connectivity index (χ3n) is 4.52. The second-order valence-electron chi connectivity index (χ2n) is 6.81. The molecule has 0 saturated carbocycles. The molecule has 0 spiro atoms. The van der Waals surface area contributed by atoms with Crippen LogP contribution in [0.3, 0.4) is 0 Å². The number of hydrogen-bond donors (Lipinski definition) is 1. The Bertz CT molecular complexity index is 1230. The van der Waals surface area contributed by atoms with Crippen LogP contribution in [0.25, 0.3) is 0 Å². The van der Waals surface area contributed by atoms with Crippen LogP contribution in [-0.2, 0) is 14.8 Å². The number of sulfonamides is 1. The molecule has 1 amide bonds. The van der Waals surface area contributed by atoms with E-state index in [1.54, 1.807) is 49.4 Å². The fraction of sp³-hybridized carbons (Fsp3) is 0.130. The summed E-state index contributed by atoms with van der Waals surface area (Å²) in [5.74, 6) is -0.915. The summed E-state index contributed by atoms with van der Waals surface area (Å²) in [4.78, 5) is 12.6. The number of aryl methyl sites for hydroxylation is 1. The minimum atomic E-state index is -4.10. The van der Waals surface area contributed by atoms with Gasteiger partial charge in [0.25, 0.3) is 15.9 Å². The highest BCUT2D eigenvalue weighted by molar-refractivity contribution is 7.92. The van der Waals surface area contributed by atoms with Gasteiger partial charge in [-0.2, -0.15) is 5.10 Å². The van der Waals surface area contributed by atoms with E-state index in [0.29, 0.717) is 0 Å². The highest BCUT2D eigenvalue weighted by Gasteiger charge is 2.29. The van der Waals surface area contributed by atoms with Gasteiger partial charge in [-0.15, -0.1) is 0 Å². The van der Waals surface area contributed by atoms with Crippen molar-refractivity contribution in [2.45, 2.75) is 11.8 Å². The molecule has 0 aliphatic heterocycles. The fourth-order valence-electron chi connectivity index (χ4n) is 2.93. The Kier molecular flexibility index (Phi) is 7.21. The zero-order valence-electron chi connectivity index (χ0n) is 17.5. The molecular formula is C23H22FN3O4S. The summed E-state index contributed by atoms with van der Waals surface area (Å²) >= 11 is 0. The van der Waals surface area contributed by atoms with E-state index in [-0.39, 0.29) is 21.9 Å². The number of benzene rings is 3. The lowest BCUT2D eigenvalue weighted by atomic mass is 10.2. The van der Waals surface area contributed by atoms with Crippen LogP contribution in [-0.4, -0.2) is 34.2 Å². The lowest BCUT2D eigenvalue weighted by molar-refractivity contribution is -0.119. The normalized spacial score (nSPS) is 11.3. The van der Waals surface area contributed by atoms with Crippen LogP contribution in [0.4, 0.5) is 10.1 Å². The third-order valence-corrected chi connectivity index (χ3v) is 6.29. The highest BCUT2D eigenvalue weighted by atomic mass is 32.2. The van der Waals surface area contributed by atoms with Crippen molar-refractivity contribution in [3.8, 4) is 5.75 Å². The van der Waals surface area contributed by atoms with Crippen LogP contribution in [0.2, 0.25) is 0 Å². The van der Waals surface area contributed by atoms with Gasteiger partial charge in [0.2, 0.25) is 0 Å². The summed E-state index contributed by atoms with van der Waals surface area (Å²) in [6, 6.07) is 18.7. The zero-order valence-corrected chi connectivity index (χ0v) is 18.3. The van der Waals surface area contributed by atoms with Crippen molar-refractivity contribution in [1.82, 2.24) is 5.43 Å². The lowest BCUT2D eigenvalue weighted by Gasteiger charge is -2.25. The number of amides is 1. The first kappa shape index (κ1) is 23.0. The average molecular weight is 456 g/mol. The van der Waals surface area contributed by atoms with Gasteiger partial charge < -0.3 is 4.74 Å². The molecule has 0 atom stereocenters. The van der Waals surface area contributed by atoms with E-state index in [9.17, 15) is 17.6 Å². The molecule has 3 aromatic rings. The zero-order chi connectivity index (χ0) is 23.1. The lowest BCUT2D eigenvalue weighted by Crippen LogP contribution is -2.39. The summed E-state index contributed by atoms with van der Waals surface area (Å²) in [5.41, 5.74) is 3.43. The van der Waals surface area contributed by atoms with E-state index >= 15 is 0 Å². The summed E-state index contributed by atoms with van der Waals surface area (Å²) in [5, 5.41) is 3.75. The number of carbonyl (C=O) groups is 1. The van der Waals surface area contributed by atoms with Gasteiger partial charge in [-0.1, -0.05) is 42.5 Å². The fourth-order valence-corrected chi connectivity index (χ4v) is 4.38. The summed E-state index contributed by atoms with van der Waals surface area (Å²) < 4.78 is 46.8. The number of methoxy groups -OCH3 is 1. The molecule has 7 nitrogen and oxygen atoms in total. The molecule has 0 fully saturated rings. The third kappa shape index (κ3) is 5.30. The van der Waals surface area contributed by atoms with Crippen LogP contribution >= 0.6 is 0 Å². The number of hydrogen-bond acceptors (Lipinski definition) is 5. The monoisotopic (exact) mass is 455 g/mol. The number of nitrogens with one attached hydrogen (secondary N) is 1. The number of ether oxygens (including phenoxy) is 1. The van der Waals surface area contributed by atoms with Crippen LogP contribution in [0, 0.1) is 12.7 Å². The largest absolute Gasteiger partial charge is 0.495 e. The molecule has 0 aromatic heterocycles. The first-order chi connectivity index (χ1) is 15.3. The molecule has 3 rings (SSSR count). The topological polar surface area (TPSA) is 88.1 Å². The smallest absolute Gasteiger partial charge is 0.264 e. The predicted octanol–water partition coefficient (Wildman–Crippen LogP) is 3.49. The standard InChI is InChI=1S/C23H22FN3O4S/c1-17-12-13-22(31-2)21(14-17)27(32(29,30)19-9-4-3-5-10-19)16-23(28)26-25-15-18-8-6-7-11-20(18)24/h3-15H,16H2,1-2H3,(H,26,28)/b25-15-. The quantitative estimate of drug-likeness (QED) is 0.416. The van der Waals surface area contributed by atoms with Crippen molar-refractivity contribution in [1.29, 1.82) is 0 Å². The molecule has 0 aliphatic carbocycles. The molecule has 0 radical (unpaired) electrons. The second-order valence-corrected chi connectivity index (χ2v) is 8.68. The molecule has 166 valence electrons. The van der Waals surface area contributed by atoms with Gasteiger partial charge in [-0.25, -0.2) is 18.2 Å². The first-order valence-electron chi connectivity index (χ1n) is 9.62. The maximum atomic E-state index is 13.7. The van der Waals surface area contributed by atoms with Crippen LogP contribution in [0.1, 0.15) is 11.1 Å². The SMILES string of the molecule is COc1ccc(C)cc1N(CC(=O)N/N=C\c1ccccc1F)S(=O)(=O)c1ccccc1. The summed E-state index contributed by atoms with van der Waals surface area (Å²) in [6.07, 6.45) is 1.15. The van der Waals surface area contributed by atoms with Gasteiger partial charge in [0, 0.05) is 5.56 Å². The summed E-state index contributed by atoms with van der Waals surface area (Å²) in [7, 11) is -2.68. The van der Waals surface area contributed by atoms with E-state index in [2.05, 4.69) is 10.5 Å². The van der Waals surface area contributed by atoms with Crippen molar-refractivity contribution in [3.63, 3.8) is 0 Å². The first-order valence-corrected chi connectivity index (χ1v) is 11.1. The van der Waals surface area contributed by atoms with E-state index in [1.165, 1.54) is 37.4 Å². The van der Waals surface area contributed by atoms with E-state index in [1.807, 2.05) is 0 Å². The number of hydrazone groups is 1. The Balaban J connectivity index is 1.92. The number of carbonyl (C=O) groups excluding carboxylic acids is 1. The van der Waals surface area contributed by atoms with Gasteiger partial charge in [-0.3, -0.25) is 9.10 Å². The van der Waals surface area contributed by atoms with Gasteiger partial charge in [-0.05, 0) is 42.8 Å². The van der Waals surface area contributed by atoms with E-state index in [0.717, 1.165) is 16.1 Å². The number of rotatable bonds is 8. The number of anilines is 1. The molecule has 0 heterocycles. The van der Waals surface area contributed by atoms with Gasteiger partial charge in [0.05, 0.1) is 23.9 Å². The molecule has 0 saturated heterocycles. The van der Waals surface area contributed by atoms with Crippen molar-refractivity contribution < 1.29 is 22.3 Å². The Morgan fingerprint density at radius 1 is 1.09 bits per heavy atom. The minimum Gasteiger partial charge on any atom is -0.495 e.